The van der Waals surface area contributed by atoms with Gasteiger partial charge >= 0.3 is 0 Å². The SMILES string of the molecule is CC.CC.Cn1nc(-c2ccccc2)c2c1cc(Oc1ccccc1)c(=O)n2C. The number of ether oxygens (including phenoxy) is 1. The Kier molecular flexibility index (Phi) is 7.78. The van der Waals surface area contributed by atoms with Crippen LogP contribution in [0.25, 0.3) is 22.3 Å². The van der Waals surface area contributed by atoms with E-state index in [-0.39, 0.29) is 11.3 Å². The number of pyridine rings is 1. The van der Waals surface area contributed by atoms with Crippen LogP contribution < -0.4 is 10.3 Å². The molecule has 0 saturated heterocycles. The molecule has 0 amide bonds. The number of hydrogen-bond acceptors (Lipinski definition) is 3. The van der Waals surface area contributed by atoms with Gasteiger partial charge < -0.3 is 9.30 Å². The van der Waals surface area contributed by atoms with E-state index in [1.807, 2.05) is 95.4 Å². The normalized spacial score (nSPS) is 9.86. The Morgan fingerprint density at radius 2 is 1.38 bits per heavy atom. The van der Waals surface area contributed by atoms with E-state index in [0.29, 0.717) is 5.75 Å². The predicted molar refractivity (Wildman–Crippen MR) is 121 cm³/mol. The zero-order chi connectivity index (χ0) is 21.4. The summed E-state index contributed by atoms with van der Waals surface area (Å²) in [5, 5.41) is 4.61. The van der Waals surface area contributed by atoms with Gasteiger partial charge in [0.25, 0.3) is 5.56 Å². The van der Waals surface area contributed by atoms with E-state index in [1.165, 1.54) is 0 Å². The molecule has 0 atom stereocenters. The molecule has 0 aliphatic carbocycles. The second-order valence-electron chi connectivity index (χ2n) is 5.86. The van der Waals surface area contributed by atoms with Crippen molar-refractivity contribution in [2.24, 2.45) is 14.1 Å². The van der Waals surface area contributed by atoms with Crippen LogP contribution >= 0.6 is 0 Å². The summed E-state index contributed by atoms with van der Waals surface area (Å²) >= 11 is 0. The summed E-state index contributed by atoms with van der Waals surface area (Å²) in [7, 11) is 3.61. The summed E-state index contributed by atoms with van der Waals surface area (Å²) in [5.41, 5.74) is 3.19. The molecule has 0 bridgehead atoms. The maximum atomic E-state index is 12.8. The fourth-order valence-corrected chi connectivity index (χ4v) is 2.95. The molecule has 5 heteroatoms. The highest BCUT2D eigenvalue weighted by molar-refractivity contribution is 5.91. The van der Waals surface area contributed by atoms with Crippen molar-refractivity contribution in [2.45, 2.75) is 27.7 Å². The van der Waals surface area contributed by atoms with Crippen molar-refractivity contribution in [1.29, 1.82) is 0 Å². The molecule has 0 fully saturated rings. The number of fused-ring (bicyclic) bond motifs is 1. The van der Waals surface area contributed by atoms with Crippen molar-refractivity contribution in [1.82, 2.24) is 14.3 Å². The third-order valence-corrected chi connectivity index (χ3v) is 4.20. The molecule has 4 aromatic rings. The molecule has 0 N–H and O–H groups in total. The van der Waals surface area contributed by atoms with Gasteiger partial charge in [-0.05, 0) is 12.1 Å². The minimum atomic E-state index is -0.193. The Morgan fingerprint density at radius 1 is 0.828 bits per heavy atom. The lowest BCUT2D eigenvalue weighted by molar-refractivity contribution is 0.471. The second-order valence-corrected chi connectivity index (χ2v) is 5.86. The molecule has 29 heavy (non-hydrogen) atoms. The maximum absolute atomic E-state index is 12.8. The topological polar surface area (TPSA) is 49.1 Å². The molecule has 0 radical (unpaired) electrons. The average Bonchev–Trinajstić information content (AvgIpc) is 3.12. The van der Waals surface area contributed by atoms with Crippen LogP contribution in [0.3, 0.4) is 0 Å². The van der Waals surface area contributed by atoms with Crippen molar-refractivity contribution >= 4 is 11.0 Å². The van der Waals surface area contributed by atoms with Gasteiger partial charge in [-0.1, -0.05) is 76.2 Å². The van der Waals surface area contributed by atoms with Crippen molar-refractivity contribution in [3.05, 3.63) is 77.1 Å². The lowest BCUT2D eigenvalue weighted by Gasteiger charge is -2.09. The maximum Gasteiger partial charge on any atom is 0.293 e. The number of aromatic nitrogens is 3. The lowest BCUT2D eigenvalue weighted by atomic mass is 10.1. The number of para-hydroxylation sites is 1. The standard InChI is InChI=1S/C20H17N3O2.2C2H6/c1-22-19-16(23(2)21-18(19)14-9-5-3-6-10-14)13-17(20(22)24)25-15-11-7-4-8-12-15;2*1-2/h3-13H,1-2H3;2*1-2H3. The Balaban J connectivity index is 0.000000707. The summed E-state index contributed by atoms with van der Waals surface area (Å²) in [5.74, 6) is 0.910. The molecule has 5 nitrogen and oxygen atoms in total. The van der Waals surface area contributed by atoms with E-state index in [4.69, 9.17) is 4.74 Å². The zero-order valence-corrected chi connectivity index (χ0v) is 18.0. The van der Waals surface area contributed by atoms with Gasteiger partial charge in [0.05, 0.1) is 11.0 Å². The first-order chi connectivity index (χ1) is 14.1. The minimum Gasteiger partial charge on any atom is -0.451 e. The van der Waals surface area contributed by atoms with Crippen LogP contribution in [0.2, 0.25) is 0 Å². The summed E-state index contributed by atoms with van der Waals surface area (Å²) in [4.78, 5) is 12.8. The molecule has 0 saturated carbocycles. The van der Waals surface area contributed by atoms with E-state index in [9.17, 15) is 4.79 Å². The third-order valence-electron chi connectivity index (χ3n) is 4.20. The molecule has 0 spiro atoms. The van der Waals surface area contributed by atoms with Gasteiger partial charge in [0.2, 0.25) is 0 Å². The van der Waals surface area contributed by atoms with Gasteiger partial charge in [0.1, 0.15) is 11.4 Å². The van der Waals surface area contributed by atoms with Gasteiger partial charge in [0.15, 0.2) is 5.75 Å². The number of hydrogen-bond donors (Lipinski definition) is 0. The fourth-order valence-electron chi connectivity index (χ4n) is 2.95. The molecule has 0 unspecified atom stereocenters. The first-order valence-electron chi connectivity index (χ1n) is 10.00. The summed E-state index contributed by atoms with van der Waals surface area (Å²) < 4.78 is 9.17. The number of aryl methyl sites for hydroxylation is 2. The summed E-state index contributed by atoms with van der Waals surface area (Å²) in [6.07, 6.45) is 0. The Morgan fingerprint density at radius 3 is 1.97 bits per heavy atom. The highest BCUT2D eigenvalue weighted by atomic mass is 16.5. The van der Waals surface area contributed by atoms with Crippen LogP contribution in [-0.4, -0.2) is 14.3 Å². The lowest BCUT2D eigenvalue weighted by Crippen LogP contribution is -2.18. The van der Waals surface area contributed by atoms with Crippen LogP contribution in [0.4, 0.5) is 0 Å². The Labute approximate surface area is 172 Å². The second kappa shape index (κ2) is 10.3. The molecule has 0 aliphatic rings. The van der Waals surface area contributed by atoms with E-state index in [2.05, 4.69) is 5.10 Å². The van der Waals surface area contributed by atoms with Crippen molar-refractivity contribution in [3.8, 4) is 22.8 Å². The molecule has 2 aromatic heterocycles. The molecule has 0 aliphatic heterocycles. The van der Waals surface area contributed by atoms with Gasteiger partial charge in [-0.15, -0.1) is 0 Å². The van der Waals surface area contributed by atoms with E-state index in [1.54, 1.807) is 22.4 Å². The first-order valence-corrected chi connectivity index (χ1v) is 10.00. The molecular formula is C24H29N3O2. The summed E-state index contributed by atoms with van der Waals surface area (Å²) in [6, 6.07) is 20.9. The predicted octanol–water partition coefficient (Wildman–Crippen LogP) is 5.78. The van der Waals surface area contributed by atoms with Gasteiger partial charge in [-0.2, -0.15) is 5.10 Å². The highest BCUT2D eigenvalue weighted by Gasteiger charge is 2.17. The van der Waals surface area contributed by atoms with E-state index >= 15 is 0 Å². The van der Waals surface area contributed by atoms with E-state index in [0.717, 1.165) is 22.3 Å². The number of benzene rings is 2. The molecule has 2 heterocycles. The Hall–Kier alpha value is -3.34. The average molecular weight is 392 g/mol. The van der Waals surface area contributed by atoms with Crippen LogP contribution in [-0.2, 0) is 14.1 Å². The quantitative estimate of drug-likeness (QED) is 0.444. The summed E-state index contributed by atoms with van der Waals surface area (Å²) in [6.45, 7) is 8.00. The molecule has 2 aromatic carbocycles. The first kappa shape index (κ1) is 22.0. The van der Waals surface area contributed by atoms with E-state index < -0.39 is 0 Å². The van der Waals surface area contributed by atoms with Crippen LogP contribution in [0.15, 0.2) is 71.5 Å². The largest absolute Gasteiger partial charge is 0.451 e. The monoisotopic (exact) mass is 391 g/mol. The highest BCUT2D eigenvalue weighted by Crippen LogP contribution is 2.29. The van der Waals surface area contributed by atoms with Gasteiger partial charge in [0, 0.05) is 25.7 Å². The molecular weight excluding hydrogens is 362 g/mol. The number of rotatable bonds is 3. The van der Waals surface area contributed by atoms with Crippen LogP contribution in [0.5, 0.6) is 11.5 Å². The minimum absolute atomic E-state index is 0.193. The van der Waals surface area contributed by atoms with Crippen molar-refractivity contribution in [3.63, 3.8) is 0 Å². The smallest absolute Gasteiger partial charge is 0.293 e. The van der Waals surface area contributed by atoms with Crippen molar-refractivity contribution in [2.75, 3.05) is 0 Å². The van der Waals surface area contributed by atoms with Crippen LogP contribution in [0.1, 0.15) is 27.7 Å². The van der Waals surface area contributed by atoms with Crippen LogP contribution in [0, 0.1) is 0 Å². The van der Waals surface area contributed by atoms with Gasteiger partial charge in [-0.25, -0.2) is 0 Å². The van der Waals surface area contributed by atoms with Gasteiger partial charge in [-0.3, -0.25) is 9.48 Å². The van der Waals surface area contributed by atoms with Crippen molar-refractivity contribution < 1.29 is 4.74 Å². The fraction of sp³-hybridized carbons (Fsp3) is 0.250. The number of nitrogens with zero attached hydrogens (tertiary/aromatic N) is 3. The molecule has 4 rings (SSSR count). The third kappa shape index (κ3) is 4.57. The Bertz CT molecular complexity index is 1100. The zero-order valence-electron chi connectivity index (χ0n) is 18.0. The molecule has 152 valence electrons.